The molecular weight excluding hydrogens is 296 g/mol. The fourth-order valence-electron chi connectivity index (χ4n) is 2.97. The molecule has 0 bridgehead atoms. The average Bonchev–Trinajstić information content (AvgIpc) is 3.04. The molecule has 0 aliphatic carbocycles. The van der Waals surface area contributed by atoms with Crippen LogP contribution in [0.4, 0.5) is 8.78 Å². The molecule has 122 valence electrons. The molecule has 0 spiro atoms. The van der Waals surface area contributed by atoms with Gasteiger partial charge in [0.1, 0.15) is 6.61 Å². The van der Waals surface area contributed by atoms with Gasteiger partial charge < -0.3 is 4.74 Å². The Morgan fingerprint density at radius 1 is 0.913 bits per heavy atom. The highest BCUT2D eigenvalue weighted by molar-refractivity contribution is 5.34. The predicted molar refractivity (Wildman–Crippen MR) is 86.8 cm³/mol. The number of hydrogen-bond acceptors (Lipinski definition) is 2. The normalized spacial score (nSPS) is 15.0. The zero-order valence-corrected chi connectivity index (χ0v) is 13.1. The van der Waals surface area contributed by atoms with Gasteiger partial charge in [0.05, 0.1) is 0 Å². The molecule has 1 fully saturated rings. The maximum absolute atomic E-state index is 14.1. The molecule has 23 heavy (non-hydrogen) atoms. The van der Waals surface area contributed by atoms with Crippen LogP contribution in [0, 0.1) is 11.6 Å². The average molecular weight is 317 g/mol. The molecule has 3 rings (SSSR count). The van der Waals surface area contributed by atoms with Gasteiger partial charge in [0, 0.05) is 6.54 Å². The third-order valence-electron chi connectivity index (χ3n) is 4.16. The first-order valence-corrected chi connectivity index (χ1v) is 8.09. The summed E-state index contributed by atoms with van der Waals surface area (Å²) in [5.74, 6) is -1.52. The second-order valence-corrected chi connectivity index (χ2v) is 5.95. The summed E-state index contributed by atoms with van der Waals surface area (Å²) < 4.78 is 33.6. The highest BCUT2D eigenvalue weighted by Crippen LogP contribution is 2.24. The number of hydrogen-bond donors (Lipinski definition) is 0. The quantitative estimate of drug-likeness (QED) is 0.797. The Labute approximate surface area is 135 Å². The van der Waals surface area contributed by atoms with Gasteiger partial charge in [-0.25, -0.2) is 8.78 Å². The lowest BCUT2D eigenvalue weighted by atomic mass is 10.0. The minimum atomic E-state index is -0.627. The first-order chi connectivity index (χ1) is 11.2. The van der Waals surface area contributed by atoms with Crippen LogP contribution in [-0.2, 0) is 6.42 Å². The molecule has 1 aliphatic heterocycles. The van der Waals surface area contributed by atoms with E-state index in [4.69, 9.17) is 4.74 Å². The Bertz CT molecular complexity index is 616. The molecule has 0 aromatic heterocycles. The van der Waals surface area contributed by atoms with Crippen LogP contribution in [0.15, 0.2) is 42.5 Å². The van der Waals surface area contributed by atoms with E-state index in [0.717, 1.165) is 18.7 Å². The zero-order valence-electron chi connectivity index (χ0n) is 13.1. The topological polar surface area (TPSA) is 12.5 Å². The molecule has 1 saturated heterocycles. The SMILES string of the molecule is Fc1cc(Cc2ccccc2)cc(F)c1OCCN1CCCC1. The van der Waals surface area contributed by atoms with Crippen molar-refractivity contribution in [1.82, 2.24) is 4.90 Å². The molecule has 0 N–H and O–H groups in total. The summed E-state index contributed by atoms with van der Waals surface area (Å²) >= 11 is 0. The van der Waals surface area contributed by atoms with E-state index >= 15 is 0 Å². The van der Waals surface area contributed by atoms with Gasteiger partial charge in [0.15, 0.2) is 17.4 Å². The van der Waals surface area contributed by atoms with Crippen LogP contribution in [0.2, 0.25) is 0 Å². The van der Waals surface area contributed by atoms with Crippen molar-refractivity contribution < 1.29 is 13.5 Å². The number of likely N-dealkylation sites (tertiary alicyclic amines) is 1. The minimum absolute atomic E-state index is 0.263. The van der Waals surface area contributed by atoms with Crippen molar-refractivity contribution in [3.8, 4) is 5.75 Å². The summed E-state index contributed by atoms with van der Waals surface area (Å²) in [5, 5.41) is 0. The second kappa shape index (κ2) is 7.55. The van der Waals surface area contributed by atoms with Crippen molar-refractivity contribution >= 4 is 0 Å². The van der Waals surface area contributed by atoms with Gasteiger partial charge in [-0.2, -0.15) is 0 Å². The predicted octanol–water partition coefficient (Wildman–Crippen LogP) is 4.03. The van der Waals surface area contributed by atoms with Crippen LogP contribution in [0.3, 0.4) is 0 Å². The summed E-state index contributed by atoms with van der Waals surface area (Å²) in [5.41, 5.74) is 1.63. The van der Waals surface area contributed by atoms with Gasteiger partial charge in [-0.3, -0.25) is 4.90 Å². The van der Waals surface area contributed by atoms with Gasteiger partial charge >= 0.3 is 0 Å². The Morgan fingerprint density at radius 3 is 2.22 bits per heavy atom. The van der Waals surface area contributed by atoms with E-state index in [1.54, 1.807) is 0 Å². The number of benzene rings is 2. The summed E-state index contributed by atoms with van der Waals surface area (Å²) in [6.07, 6.45) is 2.89. The monoisotopic (exact) mass is 317 g/mol. The van der Waals surface area contributed by atoms with Crippen LogP contribution in [0.1, 0.15) is 24.0 Å². The fraction of sp³-hybridized carbons (Fsp3) is 0.368. The molecule has 4 heteroatoms. The molecule has 0 amide bonds. The third kappa shape index (κ3) is 4.29. The summed E-state index contributed by atoms with van der Waals surface area (Å²) in [4.78, 5) is 2.25. The maximum atomic E-state index is 14.1. The van der Waals surface area contributed by atoms with Gasteiger partial charge in [-0.15, -0.1) is 0 Å². The van der Waals surface area contributed by atoms with Crippen molar-refractivity contribution in [3.05, 3.63) is 65.2 Å². The first kappa shape index (κ1) is 15.9. The Kier molecular flexibility index (Phi) is 5.23. The van der Waals surface area contributed by atoms with Gasteiger partial charge in [0.2, 0.25) is 0 Å². The minimum Gasteiger partial charge on any atom is -0.486 e. The van der Waals surface area contributed by atoms with Crippen molar-refractivity contribution in [3.63, 3.8) is 0 Å². The zero-order chi connectivity index (χ0) is 16.1. The molecular formula is C19H21F2NO. The molecule has 2 aromatic carbocycles. The van der Waals surface area contributed by atoms with Crippen LogP contribution in [0.25, 0.3) is 0 Å². The number of rotatable bonds is 6. The smallest absolute Gasteiger partial charge is 0.190 e. The van der Waals surface area contributed by atoms with Crippen LogP contribution in [0.5, 0.6) is 5.75 Å². The van der Waals surface area contributed by atoms with E-state index in [1.165, 1.54) is 25.0 Å². The lowest BCUT2D eigenvalue weighted by Gasteiger charge is -2.16. The molecule has 0 radical (unpaired) electrons. The Morgan fingerprint density at radius 2 is 1.57 bits per heavy atom. The number of nitrogens with zero attached hydrogens (tertiary/aromatic N) is 1. The Balaban J connectivity index is 1.62. The van der Waals surface area contributed by atoms with Crippen molar-refractivity contribution in [2.75, 3.05) is 26.2 Å². The highest BCUT2D eigenvalue weighted by Gasteiger charge is 2.15. The van der Waals surface area contributed by atoms with Gasteiger partial charge in [-0.1, -0.05) is 30.3 Å². The van der Waals surface area contributed by atoms with E-state index in [2.05, 4.69) is 4.90 Å². The summed E-state index contributed by atoms with van der Waals surface area (Å²) in [6, 6.07) is 12.4. The van der Waals surface area contributed by atoms with E-state index in [-0.39, 0.29) is 5.75 Å². The maximum Gasteiger partial charge on any atom is 0.190 e. The van der Waals surface area contributed by atoms with Gasteiger partial charge in [0.25, 0.3) is 0 Å². The van der Waals surface area contributed by atoms with E-state index in [1.807, 2.05) is 30.3 Å². The molecule has 0 unspecified atom stereocenters. The lowest BCUT2D eigenvalue weighted by molar-refractivity contribution is 0.223. The number of ether oxygens (including phenoxy) is 1. The molecule has 2 aromatic rings. The molecule has 0 atom stereocenters. The van der Waals surface area contributed by atoms with Crippen LogP contribution < -0.4 is 4.74 Å². The second-order valence-electron chi connectivity index (χ2n) is 5.95. The summed E-state index contributed by atoms with van der Waals surface area (Å²) in [6.45, 7) is 3.12. The summed E-state index contributed by atoms with van der Waals surface area (Å²) in [7, 11) is 0. The van der Waals surface area contributed by atoms with Crippen molar-refractivity contribution in [2.24, 2.45) is 0 Å². The third-order valence-corrected chi connectivity index (χ3v) is 4.16. The molecule has 0 saturated carbocycles. The van der Waals surface area contributed by atoms with Gasteiger partial charge in [-0.05, 0) is 55.6 Å². The largest absolute Gasteiger partial charge is 0.486 e. The number of halogens is 2. The van der Waals surface area contributed by atoms with E-state index < -0.39 is 11.6 Å². The standard InChI is InChI=1S/C19H21F2NO/c20-17-13-16(12-15-6-2-1-3-7-15)14-18(21)19(17)23-11-10-22-8-4-5-9-22/h1-3,6-7,13-14H,4-5,8-12H2. The van der Waals surface area contributed by atoms with Crippen molar-refractivity contribution in [2.45, 2.75) is 19.3 Å². The highest BCUT2D eigenvalue weighted by atomic mass is 19.1. The van der Waals surface area contributed by atoms with Crippen LogP contribution in [-0.4, -0.2) is 31.1 Å². The first-order valence-electron chi connectivity index (χ1n) is 8.09. The lowest BCUT2D eigenvalue weighted by Crippen LogP contribution is -2.25. The fourth-order valence-corrected chi connectivity index (χ4v) is 2.97. The van der Waals surface area contributed by atoms with E-state index in [9.17, 15) is 8.78 Å². The molecule has 2 nitrogen and oxygen atoms in total. The van der Waals surface area contributed by atoms with Crippen LogP contribution >= 0.6 is 0 Å². The van der Waals surface area contributed by atoms with Crippen molar-refractivity contribution in [1.29, 1.82) is 0 Å². The molecule has 1 heterocycles. The Hall–Kier alpha value is -1.94. The molecule has 1 aliphatic rings. The van der Waals surface area contributed by atoms with E-state index in [0.29, 0.717) is 25.1 Å².